The quantitative estimate of drug-likeness (QED) is 0.364. The van der Waals surface area contributed by atoms with E-state index in [4.69, 9.17) is 0 Å². The molecule has 2 N–H and O–H groups in total. The van der Waals surface area contributed by atoms with Gasteiger partial charge in [-0.1, -0.05) is 19.3 Å². The third kappa shape index (κ3) is 13.5. The number of hydrogen-bond donors (Lipinski definition) is 2. The van der Waals surface area contributed by atoms with Crippen molar-refractivity contribution >= 4 is 5.96 Å². The summed E-state index contributed by atoms with van der Waals surface area (Å²) in [6.07, 6.45) is 6.46. The Bertz CT molecular complexity index is 224. The van der Waals surface area contributed by atoms with E-state index in [2.05, 4.69) is 55.4 Å². The minimum Gasteiger partial charge on any atom is -0.357 e. The van der Waals surface area contributed by atoms with Gasteiger partial charge in [0.15, 0.2) is 5.96 Å². The molecule has 0 radical (unpaired) electrons. The Morgan fingerprint density at radius 3 is 2.26 bits per heavy atom. The maximum Gasteiger partial charge on any atom is 0.191 e. The van der Waals surface area contributed by atoms with Crippen molar-refractivity contribution in [3.63, 3.8) is 0 Å². The van der Waals surface area contributed by atoms with Crippen molar-refractivity contribution < 1.29 is 0 Å². The van der Waals surface area contributed by atoms with Crippen molar-refractivity contribution in [1.82, 2.24) is 15.5 Å². The summed E-state index contributed by atoms with van der Waals surface area (Å²) in [6, 6.07) is 0.434. The van der Waals surface area contributed by atoms with E-state index in [9.17, 15) is 0 Å². The van der Waals surface area contributed by atoms with Crippen LogP contribution in [0.4, 0.5) is 0 Å². The lowest BCUT2D eigenvalue weighted by molar-refractivity contribution is 0.390. The Hall–Kier alpha value is -0.770. The van der Waals surface area contributed by atoms with E-state index in [0.717, 1.165) is 19.0 Å². The first kappa shape index (κ1) is 18.2. The summed E-state index contributed by atoms with van der Waals surface area (Å²) in [5, 5.41) is 6.61. The van der Waals surface area contributed by atoms with Gasteiger partial charge in [0, 0.05) is 19.1 Å². The molecule has 0 saturated carbocycles. The third-order valence-corrected chi connectivity index (χ3v) is 2.80. The Labute approximate surface area is 120 Å². The molecular weight excluding hydrogens is 236 g/mol. The summed E-state index contributed by atoms with van der Waals surface area (Å²) >= 11 is 0. The molecule has 0 bridgehead atoms. The van der Waals surface area contributed by atoms with Gasteiger partial charge in [-0.05, 0) is 54.3 Å². The summed E-state index contributed by atoms with van der Waals surface area (Å²) in [7, 11) is 4.28. The predicted molar refractivity (Wildman–Crippen MR) is 85.9 cm³/mol. The Kier molecular flexibility index (Phi) is 11.8. The van der Waals surface area contributed by atoms with E-state index in [-0.39, 0.29) is 0 Å². The Balaban J connectivity index is 3.57. The van der Waals surface area contributed by atoms with Crippen molar-refractivity contribution in [2.24, 2.45) is 4.99 Å². The number of hydrogen-bond acceptors (Lipinski definition) is 2. The molecular formula is C15H34N4. The molecule has 0 aromatic heterocycles. The van der Waals surface area contributed by atoms with Crippen LogP contribution in [-0.4, -0.2) is 50.6 Å². The summed E-state index contributed by atoms with van der Waals surface area (Å²) in [4.78, 5) is 6.84. The molecule has 0 amide bonds. The van der Waals surface area contributed by atoms with Gasteiger partial charge in [0.1, 0.15) is 0 Å². The zero-order valence-electron chi connectivity index (χ0n) is 13.6. The smallest absolute Gasteiger partial charge is 0.191 e. The number of nitrogens with one attached hydrogen (secondary N) is 2. The van der Waals surface area contributed by atoms with Gasteiger partial charge in [-0.2, -0.15) is 0 Å². The number of unbranched alkanes of at least 4 members (excludes halogenated alkanes) is 4. The molecule has 0 aliphatic rings. The van der Waals surface area contributed by atoms with Gasteiger partial charge in [-0.25, -0.2) is 0 Å². The lowest BCUT2D eigenvalue weighted by Crippen LogP contribution is -2.41. The van der Waals surface area contributed by atoms with E-state index >= 15 is 0 Å². The average molecular weight is 270 g/mol. The van der Waals surface area contributed by atoms with Crippen LogP contribution >= 0.6 is 0 Å². The van der Waals surface area contributed by atoms with Crippen LogP contribution in [-0.2, 0) is 0 Å². The molecule has 0 spiro atoms. The first-order valence-corrected chi connectivity index (χ1v) is 7.75. The molecule has 0 aromatic rings. The minimum atomic E-state index is 0.434. The molecule has 0 atom stereocenters. The molecule has 0 aromatic carbocycles. The molecule has 0 aliphatic heterocycles. The fourth-order valence-corrected chi connectivity index (χ4v) is 1.85. The summed E-state index contributed by atoms with van der Waals surface area (Å²) in [6.45, 7) is 9.43. The van der Waals surface area contributed by atoms with Crippen LogP contribution in [0.2, 0.25) is 0 Å². The first-order chi connectivity index (χ1) is 9.06. The number of rotatable bonds is 10. The zero-order chi connectivity index (χ0) is 14.5. The van der Waals surface area contributed by atoms with Crippen LogP contribution in [0.25, 0.3) is 0 Å². The topological polar surface area (TPSA) is 39.7 Å². The maximum atomic E-state index is 4.59. The van der Waals surface area contributed by atoms with E-state index in [0.29, 0.717) is 6.04 Å². The van der Waals surface area contributed by atoms with Gasteiger partial charge in [0.25, 0.3) is 0 Å². The van der Waals surface area contributed by atoms with E-state index in [1.165, 1.54) is 38.6 Å². The number of nitrogens with zero attached hydrogens (tertiary/aromatic N) is 2. The molecule has 0 fully saturated rings. The first-order valence-electron chi connectivity index (χ1n) is 7.75. The maximum absolute atomic E-state index is 4.59. The lowest BCUT2D eigenvalue weighted by Gasteiger charge is -2.13. The van der Waals surface area contributed by atoms with Gasteiger partial charge in [-0.15, -0.1) is 0 Å². The average Bonchev–Trinajstić information content (AvgIpc) is 2.31. The highest BCUT2D eigenvalue weighted by atomic mass is 15.2. The lowest BCUT2D eigenvalue weighted by atomic mass is 10.1. The standard InChI is InChI=1S/C15H34N4/c1-6-16-15(18-14(2)3)17-12-10-8-7-9-11-13-19(4)5/h14H,6-13H2,1-5H3,(H2,16,17,18). The van der Waals surface area contributed by atoms with Gasteiger partial charge >= 0.3 is 0 Å². The van der Waals surface area contributed by atoms with Crippen LogP contribution in [0.3, 0.4) is 0 Å². The Morgan fingerprint density at radius 2 is 1.68 bits per heavy atom. The van der Waals surface area contributed by atoms with Crippen LogP contribution in [0.5, 0.6) is 0 Å². The third-order valence-electron chi connectivity index (χ3n) is 2.80. The highest BCUT2D eigenvalue weighted by molar-refractivity contribution is 5.79. The van der Waals surface area contributed by atoms with Crippen molar-refractivity contribution in [3.05, 3.63) is 0 Å². The SMILES string of the molecule is CCNC(=NCCCCCCCN(C)C)NC(C)C. The molecule has 114 valence electrons. The summed E-state index contributed by atoms with van der Waals surface area (Å²) in [5.41, 5.74) is 0. The fourth-order valence-electron chi connectivity index (χ4n) is 1.85. The van der Waals surface area contributed by atoms with E-state index in [1.54, 1.807) is 0 Å². The van der Waals surface area contributed by atoms with Gasteiger partial charge in [0.2, 0.25) is 0 Å². The normalized spacial score (nSPS) is 12.3. The molecule has 0 aliphatic carbocycles. The van der Waals surface area contributed by atoms with Crippen LogP contribution in [0.15, 0.2) is 4.99 Å². The molecule has 4 heteroatoms. The van der Waals surface area contributed by atoms with Gasteiger partial charge in [0.05, 0.1) is 0 Å². The van der Waals surface area contributed by atoms with E-state index in [1.807, 2.05) is 0 Å². The van der Waals surface area contributed by atoms with Crippen molar-refractivity contribution in [3.8, 4) is 0 Å². The molecule has 0 rings (SSSR count). The van der Waals surface area contributed by atoms with Crippen molar-refractivity contribution in [2.45, 2.75) is 58.9 Å². The summed E-state index contributed by atoms with van der Waals surface area (Å²) < 4.78 is 0. The molecule has 0 saturated heterocycles. The second kappa shape index (κ2) is 12.3. The molecule has 4 nitrogen and oxygen atoms in total. The van der Waals surface area contributed by atoms with Crippen molar-refractivity contribution in [1.29, 1.82) is 0 Å². The molecule has 19 heavy (non-hydrogen) atoms. The molecule has 0 heterocycles. The predicted octanol–water partition coefficient (Wildman–Crippen LogP) is 2.46. The fraction of sp³-hybridized carbons (Fsp3) is 0.933. The molecule has 0 unspecified atom stereocenters. The highest BCUT2D eigenvalue weighted by Crippen LogP contribution is 2.03. The van der Waals surface area contributed by atoms with Crippen LogP contribution in [0.1, 0.15) is 52.9 Å². The number of guanidine groups is 1. The van der Waals surface area contributed by atoms with Crippen molar-refractivity contribution in [2.75, 3.05) is 33.7 Å². The van der Waals surface area contributed by atoms with E-state index < -0.39 is 0 Å². The van der Waals surface area contributed by atoms with Gasteiger partial charge < -0.3 is 15.5 Å². The monoisotopic (exact) mass is 270 g/mol. The number of aliphatic imine (C=N–C) groups is 1. The van der Waals surface area contributed by atoms with Crippen LogP contribution in [0, 0.1) is 0 Å². The van der Waals surface area contributed by atoms with Crippen LogP contribution < -0.4 is 10.6 Å². The zero-order valence-corrected chi connectivity index (χ0v) is 13.6. The second-order valence-corrected chi connectivity index (χ2v) is 5.63. The largest absolute Gasteiger partial charge is 0.357 e. The minimum absolute atomic E-state index is 0.434. The van der Waals surface area contributed by atoms with Gasteiger partial charge in [-0.3, -0.25) is 4.99 Å². The summed E-state index contributed by atoms with van der Waals surface area (Å²) in [5.74, 6) is 0.949. The second-order valence-electron chi connectivity index (χ2n) is 5.63. The Morgan fingerprint density at radius 1 is 1.05 bits per heavy atom. The highest BCUT2D eigenvalue weighted by Gasteiger charge is 1.98.